The molecule has 1 aliphatic carbocycles. The maximum atomic E-state index is 13.4. The Morgan fingerprint density at radius 3 is 2.19 bits per heavy atom. The summed E-state index contributed by atoms with van der Waals surface area (Å²) in [6.07, 6.45) is 17.2. The molecular weight excluding hydrogens is 372 g/mol. The predicted molar refractivity (Wildman–Crippen MR) is 120 cm³/mol. The highest BCUT2D eigenvalue weighted by Crippen LogP contribution is 2.41. The summed E-state index contributed by atoms with van der Waals surface area (Å²) in [6, 6.07) is 8.13. The fraction of sp³-hybridized carbons (Fsp3) is 0.750. The highest BCUT2D eigenvalue weighted by molar-refractivity contribution is 7.88. The third-order valence-corrected chi connectivity index (χ3v) is 8.54. The molecule has 0 heterocycles. The third kappa shape index (κ3) is 7.89. The van der Waals surface area contributed by atoms with Crippen molar-refractivity contribution in [1.29, 1.82) is 0 Å². The Labute approximate surface area is 175 Å². The van der Waals surface area contributed by atoms with Crippen molar-refractivity contribution < 1.29 is 4.21 Å². The van der Waals surface area contributed by atoms with Gasteiger partial charge >= 0.3 is 0 Å². The van der Waals surface area contributed by atoms with Crippen molar-refractivity contribution in [1.82, 2.24) is 0 Å². The molecule has 154 valence electrons. The van der Waals surface area contributed by atoms with E-state index in [1.807, 2.05) is 12.1 Å². The molecule has 0 spiro atoms. The second-order valence-corrected chi connectivity index (χ2v) is 11.3. The summed E-state index contributed by atoms with van der Waals surface area (Å²) >= 11 is 7.16. The highest BCUT2D eigenvalue weighted by Gasteiger charge is 2.37. The molecule has 1 saturated carbocycles. The molecule has 0 saturated heterocycles. The van der Waals surface area contributed by atoms with Gasteiger partial charge in [-0.1, -0.05) is 102 Å². The van der Waals surface area contributed by atoms with E-state index in [0.29, 0.717) is 5.92 Å². The first-order valence-electron chi connectivity index (χ1n) is 11.2. The average molecular weight is 411 g/mol. The van der Waals surface area contributed by atoms with Crippen LogP contribution in [0.1, 0.15) is 102 Å². The quantitative estimate of drug-likeness (QED) is 0.251. The third-order valence-electron chi connectivity index (χ3n) is 6.04. The van der Waals surface area contributed by atoms with Gasteiger partial charge in [-0.15, -0.1) is 11.6 Å². The van der Waals surface area contributed by atoms with E-state index in [0.717, 1.165) is 24.2 Å². The maximum absolute atomic E-state index is 13.4. The first kappa shape index (κ1) is 22.9. The molecule has 0 amide bonds. The van der Waals surface area contributed by atoms with Crippen LogP contribution in [-0.4, -0.2) is 8.42 Å². The monoisotopic (exact) mass is 410 g/mol. The minimum atomic E-state index is -1.14. The van der Waals surface area contributed by atoms with Gasteiger partial charge in [0, 0.05) is 4.90 Å². The lowest BCUT2D eigenvalue weighted by Crippen LogP contribution is -2.31. The molecule has 1 aromatic rings. The Kier molecular flexibility index (Phi) is 10.4. The van der Waals surface area contributed by atoms with Gasteiger partial charge in [-0.05, 0) is 37.8 Å². The van der Waals surface area contributed by atoms with E-state index in [4.69, 9.17) is 11.6 Å². The van der Waals surface area contributed by atoms with E-state index >= 15 is 0 Å². The number of unbranched alkanes of at least 4 members (excludes halogenated alkanes) is 6. The Balaban J connectivity index is 1.96. The van der Waals surface area contributed by atoms with Gasteiger partial charge in [-0.2, -0.15) is 0 Å². The van der Waals surface area contributed by atoms with Crippen LogP contribution in [0.5, 0.6) is 0 Å². The fourth-order valence-electron chi connectivity index (χ4n) is 4.31. The molecule has 1 aromatic carbocycles. The Bertz CT molecular complexity index is 550. The van der Waals surface area contributed by atoms with Gasteiger partial charge < -0.3 is 0 Å². The smallest absolute Gasteiger partial charge is 0.124 e. The molecule has 2 unspecified atom stereocenters. The number of benzene rings is 1. The summed E-state index contributed by atoms with van der Waals surface area (Å²) in [5, 5.41) is 0. The topological polar surface area (TPSA) is 17.1 Å². The minimum Gasteiger partial charge on any atom is -0.253 e. The number of hydrogen-bond donors (Lipinski definition) is 0. The minimum absolute atomic E-state index is 0.597. The molecule has 0 aliphatic heterocycles. The average Bonchev–Trinajstić information content (AvgIpc) is 2.68. The van der Waals surface area contributed by atoms with Crippen molar-refractivity contribution in [3.63, 3.8) is 0 Å². The first-order valence-corrected chi connectivity index (χ1v) is 12.8. The number of alkyl halides is 1. The summed E-state index contributed by atoms with van der Waals surface area (Å²) < 4.78 is 12.8. The molecule has 1 aliphatic rings. The summed E-state index contributed by atoms with van der Waals surface area (Å²) in [4.78, 5) is 0.898. The Morgan fingerprint density at radius 2 is 1.56 bits per heavy atom. The molecule has 1 fully saturated rings. The Hall–Kier alpha value is -0.340. The van der Waals surface area contributed by atoms with Crippen LogP contribution in [0.25, 0.3) is 0 Å². The van der Waals surface area contributed by atoms with Gasteiger partial charge in [0.2, 0.25) is 0 Å². The van der Waals surface area contributed by atoms with E-state index < -0.39 is 15.0 Å². The summed E-state index contributed by atoms with van der Waals surface area (Å²) in [5.74, 6) is 0.648. The molecule has 2 atom stereocenters. The van der Waals surface area contributed by atoms with Crippen LogP contribution in [-0.2, 0) is 10.8 Å². The van der Waals surface area contributed by atoms with E-state index in [1.54, 1.807) is 0 Å². The lowest BCUT2D eigenvalue weighted by atomic mass is 9.85. The molecule has 0 bridgehead atoms. The SMILES string of the molecule is CCCCCCCCCC(Cl)(CC1CCCCC1)S(=O)c1ccc(C)cc1. The number of halogens is 1. The molecule has 1 nitrogen and oxygen atoms in total. The van der Waals surface area contributed by atoms with Crippen LogP contribution >= 0.6 is 11.6 Å². The van der Waals surface area contributed by atoms with Gasteiger partial charge in [0.15, 0.2) is 0 Å². The molecule has 3 heteroatoms. The molecule has 0 radical (unpaired) electrons. The fourth-order valence-corrected chi connectivity index (χ4v) is 6.45. The van der Waals surface area contributed by atoms with Gasteiger partial charge in [-0.25, -0.2) is 0 Å². The molecule has 0 aromatic heterocycles. The number of rotatable bonds is 12. The molecule has 2 rings (SSSR count). The lowest BCUT2D eigenvalue weighted by Gasteiger charge is -2.32. The van der Waals surface area contributed by atoms with Crippen molar-refractivity contribution in [3.05, 3.63) is 29.8 Å². The van der Waals surface area contributed by atoms with Crippen LogP contribution in [0, 0.1) is 12.8 Å². The van der Waals surface area contributed by atoms with Crippen molar-refractivity contribution in [2.75, 3.05) is 0 Å². The largest absolute Gasteiger partial charge is 0.253 e. The summed E-state index contributed by atoms with van der Waals surface area (Å²) in [6.45, 7) is 4.33. The van der Waals surface area contributed by atoms with Crippen LogP contribution in [0.4, 0.5) is 0 Å². The second-order valence-electron chi connectivity index (χ2n) is 8.54. The van der Waals surface area contributed by atoms with E-state index in [1.165, 1.54) is 76.2 Å². The predicted octanol–water partition coefficient (Wildman–Crippen LogP) is 8.15. The molecule has 0 N–H and O–H groups in total. The van der Waals surface area contributed by atoms with Crippen molar-refractivity contribution >= 4 is 22.4 Å². The number of hydrogen-bond acceptors (Lipinski definition) is 1. The normalized spacial score (nSPS) is 18.9. The lowest BCUT2D eigenvalue weighted by molar-refractivity contribution is 0.320. The van der Waals surface area contributed by atoms with Gasteiger partial charge in [-0.3, -0.25) is 4.21 Å². The second kappa shape index (κ2) is 12.3. The van der Waals surface area contributed by atoms with Crippen LogP contribution in [0.15, 0.2) is 29.2 Å². The van der Waals surface area contributed by atoms with Gasteiger partial charge in [0.25, 0.3) is 0 Å². The van der Waals surface area contributed by atoms with Gasteiger partial charge in [0.1, 0.15) is 4.21 Å². The van der Waals surface area contributed by atoms with Crippen LogP contribution in [0.2, 0.25) is 0 Å². The first-order chi connectivity index (χ1) is 13.0. The van der Waals surface area contributed by atoms with Crippen molar-refractivity contribution in [3.8, 4) is 0 Å². The molecule has 27 heavy (non-hydrogen) atoms. The zero-order chi connectivity index (χ0) is 19.5. The number of aryl methyl sites for hydroxylation is 1. The van der Waals surface area contributed by atoms with Crippen molar-refractivity contribution in [2.24, 2.45) is 5.92 Å². The summed E-state index contributed by atoms with van der Waals surface area (Å²) in [5.41, 5.74) is 1.20. The van der Waals surface area contributed by atoms with Gasteiger partial charge in [0.05, 0.1) is 10.8 Å². The highest BCUT2D eigenvalue weighted by atomic mass is 35.5. The maximum Gasteiger partial charge on any atom is 0.124 e. The Morgan fingerprint density at radius 1 is 0.963 bits per heavy atom. The van der Waals surface area contributed by atoms with Crippen LogP contribution in [0.3, 0.4) is 0 Å². The zero-order valence-corrected chi connectivity index (χ0v) is 19.1. The van der Waals surface area contributed by atoms with E-state index in [2.05, 4.69) is 26.0 Å². The summed E-state index contributed by atoms with van der Waals surface area (Å²) in [7, 11) is -1.14. The van der Waals surface area contributed by atoms with Crippen LogP contribution < -0.4 is 0 Å². The standard InChI is InChI=1S/C24H39ClOS/c1-3-4-5-6-7-8-12-19-24(25,20-22-13-10-9-11-14-22)27(26)23-17-15-21(2)16-18-23/h15-18,22H,3-14,19-20H2,1-2H3. The molecular formula is C24H39ClOS. The van der Waals surface area contributed by atoms with E-state index in [-0.39, 0.29) is 0 Å². The van der Waals surface area contributed by atoms with Crippen molar-refractivity contribution in [2.45, 2.75) is 113 Å². The van der Waals surface area contributed by atoms with E-state index in [9.17, 15) is 4.21 Å². The zero-order valence-electron chi connectivity index (χ0n) is 17.5.